The number of amides is 2. The molecule has 1 aromatic carbocycles. The fourth-order valence-electron chi connectivity index (χ4n) is 1.34. The fraction of sp³-hybridized carbons (Fsp3) is 0.385. The molecule has 0 unspecified atom stereocenters. The summed E-state index contributed by atoms with van der Waals surface area (Å²) in [5.41, 5.74) is 0.888. The van der Waals surface area contributed by atoms with E-state index in [-0.39, 0.29) is 0 Å². The quantitative estimate of drug-likeness (QED) is 0.780. The molecule has 1 rings (SSSR count). The molecular weight excluding hydrogens is 266 g/mol. The molecule has 0 aromatic heterocycles. The smallest absolute Gasteiger partial charge is 0.309 e. The number of hydrogen-bond donors (Lipinski definition) is 2. The maximum absolute atomic E-state index is 11.5. The Morgan fingerprint density at radius 2 is 1.68 bits per heavy atom. The Balaban J connectivity index is 2.30. The van der Waals surface area contributed by atoms with Crippen LogP contribution in [0.5, 0.6) is 0 Å². The number of likely N-dealkylation sites (N-methyl/N-ethyl adjacent to an activating group) is 1. The summed E-state index contributed by atoms with van der Waals surface area (Å²) in [4.78, 5) is 24.9. The molecule has 5 nitrogen and oxygen atoms in total. The van der Waals surface area contributed by atoms with Crippen LogP contribution in [0.15, 0.2) is 24.3 Å². The number of nitrogens with one attached hydrogen (secondary N) is 2. The maximum atomic E-state index is 11.5. The number of benzene rings is 1. The molecule has 0 spiro atoms. The molecule has 1 aromatic rings. The Morgan fingerprint density at radius 3 is 2.26 bits per heavy atom. The molecule has 2 amide bonds. The summed E-state index contributed by atoms with van der Waals surface area (Å²) >= 11 is 5.75. The second-order valence-electron chi connectivity index (χ2n) is 4.37. The first kappa shape index (κ1) is 15.5. The van der Waals surface area contributed by atoms with Crippen molar-refractivity contribution in [1.29, 1.82) is 0 Å². The predicted molar refractivity (Wildman–Crippen MR) is 74.9 cm³/mol. The van der Waals surface area contributed by atoms with Gasteiger partial charge in [-0.3, -0.25) is 9.59 Å². The van der Waals surface area contributed by atoms with Crippen LogP contribution in [0.2, 0.25) is 5.02 Å². The molecule has 0 bridgehead atoms. The van der Waals surface area contributed by atoms with Crippen LogP contribution in [0, 0.1) is 0 Å². The number of halogens is 1. The van der Waals surface area contributed by atoms with E-state index < -0.39 is 11.8 Å². The lowest BCUT2D eigenvalue weighted by Gasteiger charge is -2.10. The van der Waals surface area contributed by atoms with Gasteiger partial charge in [0.1, 0.15) is 0 Å². The Labute approximate surface area is 117 Å². The van der Waals surface area contributed by atoms with Gasteiger partial charge in [-0.1, -0.05) is 23.7 Å². The summed E-state index contributed by atoms with van der Waals surface area (Å²) in [6.07, 6.45) is 0. The molecule has 19 heavy (non-hydrogen) atoms. The van der Waals surface area contributed by atoms with Gasteiger partial charge in [0.25, 0.3) is 0 Å². The minimum Gasteiger partial charge on any atom is -0.347 e. The third-order valence-corrected chi connectivity index (χ3v) is 2.67. The van der Waals surface area contributed by atoms with Crippen molar-refractivity contribution in [2.75, 3.05) is 27.2 Å². The summed E-state index contributed by atoms with van der Waals surface area (Å²) in [5.74, 6) is -1.25. The van der Waals surface area contributed by atoms with E-state index in [2.05, 4.69) is 10.6 Å². The van der Waals surface area contributed by atoms with Crippen LogP contribution in [-0.2, 0) is 16.1 Å². The normalized spacial score (nSPS) is 10.3. The molecule has 0 fully saturated rings. The number of carbonyl (C=O) groups excluding carboxylic acids is 2. The highest BCUT2D eigenvalue weighted by molar-refractivity contribution is 6.35. The van der Waals surface area contributed by atoms with Gasteiger partial charge in [-0.25, -0.2) is 0 Å². The molecule has 2 N–H and O–H groups in total. The lowest BCUT2D eigenvalue weighted by Crippen LogP contribution is -2.41. The van der Waals surface area contributed by atoms with Crippen LogP contribution in [-0.4, -0.2) is 43.9 Å². The molecule has 0 saturated carbocycles. The van der Waals surface area contributed by atoms with Crippen LogP contribution >= 0.6 is 11.6 Å². The monoisotopic (exact) mass is 283 g/mol. The van der Waals surface area contributed by atoms with E-state index in [1.54, 1.807) is 24.3 Å². The summed E-state index contributed by atoms with van der Waals surface area (Å²) in [5, 5.41) is 5.73. The average Bonchev–Trinajstić information content (AvgIpc) is 2.37. The third kappa shape index (κ3) is 6.22. The van der Waals surface area contributed by atoms with Crippen molar-refractivity contribution in [1.82, 2.24) is 15.5 Å². The zero-order valence-corrected chi connectivity index (χ0v) is 11.8. The van der Waals surface area contributed by atoms with Crippen molar-refractivity contribution in [3.05, 3.63) is 34.9 Å². The van der Waals surface area contributed by atoms with Crippen LogP contribution in [0.25, 0.3) is 0 Å². The Kier molecular flexibility index (Phi) is 6.32. The lowest BCUT2D eigenvalue weighted by atomic mass is 10.2. The summed E-state index contributed by atoms with van der Waals surface area (Å²) in [6, 6.07) is 7.07. The molecule has 0 aliphatic carbocycles. The zero-order valence-electron chi connectivity index (χ0n) is 11.1. The van der Waals surface area contributed by atoms with Crippen molar-refractivity contribution >= 4 is 23.4 Å². The Bertz CT molecular complexity index is 432. The molecule has 6 heteroatoms. The highest BCUT2D eigenvalue weighted by atomic mass is 35.5. The topological polar surface area (TPSA) is 61.4 Å². The van der Waals surface area contributed by atoms with E-state index >= 15 is 0 Å². The van der Waals surface area contributed by atoms with Crippen molar-refractivity contribution in [2.24, 2.45) is 0 Å². The minimum absolute atomic E-state index is 0.303. The van der Waals surface area contributed by atoms with Gasteiger partial charge in [-0.15, -0.1) is 0 Å². The maximum Gasteiger partial charge on any atom is 0.309 e. The van der Waals surface area contributed by atoms with Gasteiger partial charge < -0.3 is 15.5 Å². The van der Waals surface area contributed by atoms with E-state index in [9.17, 15) is 9.59 Å². The zero-order chi connectivity index (χ0) is 14.3. The molecule has 0 aliphatic heterocycles. The highest BCUT2D eigenvalue weighted by Crippen LogP contribution is 2.08. The molecular formula is C13H18ClN3O2. The van der Waals surface area contributed by atoms with Crippen LogP contribution < -0.4 is 10.6 Å². The number of carbonyl (C=O) groups is 2. The number of nitrogens with zero attached hydrogens (tertiary/aromatic N) is 1. The number of rotatable bonds is 5. The Hall–Kier alpha value is -1.59. The Morgan fingerprint density at radius 1 is 1.11 bits per heavy atom. The first-order valence-corrected chi connectivity index (χ1v) is 6.32. The van der Waals surface area contributed by atoms with Gasteiger partial charge in [-0.2, -0.15) is 0 Å². The van der Waals surface area contributed by atoms with Gasteiger partial charge >= 0.3 is 11.8 Å². The SMILES string of the molecule is CN(C)CCNC(=O)C(=O)NCc1ccc(Cl)cc1. The van der Waals surface area contributed by atoms with Crippen molar-refractivity contribution < 1.29 is 9.59 Å². The fourth-order valence-corrected chi connectivity index (χ4v) is 1.46. The highest BCUT2D eigenvalue weighted by Gasteiger charge is 2.11. The summed E-state index contributed by atoms with van der Waals surface area (Å²) < 4.78 is 0. The van der Waals surface area contributed by atoms with Crippen LogP contribution in [0.3, 0.4) is 0 Å². The van der Waals surface area contributed by atoms with Crippen molar-refractivity contribution in [2.45, 2.75) is 6.54 Å². The molecule has 0 atom stereocenters. The first-order chi connectivity index (χ1) is 8.99. The number of hydrogen-bond acceptors (Lipinski definition) is 3. The van der Waals surface area contributed by atoms with Crippen LogP contribution in [0.4, 0.5) is 0 Å². The van der Waals surface area contributed by atoms with Crippen molar-refractivity contribution in [3.8, 4) is 0 Å². The lowest BCUT2D eigenvalue weighted by molar-refractivity contribution is -0.139. The molecule has 104 valence electrons. The standard InChI is InChI=1S/C13H18ClN3O2/c1-17(2)8-7-15-12(18)13(19)16-9-10-3-5-11(14)6-4-10/h3-6H,7-9H2,1-2H3,(H,15,18)(H,16,19). The molecule has 0 aliphatic rings. The first-order valence-electron chi connectivity index (χ1n) is 5.94. The summed E-state index contributed by atoms with van der Waals surface area (Å²) in [6.45, 7) is 1.44. The van der Waals surface area contributed by atoms with E-state index in [0.717, 1.165) is 5.56 Å². The van der Waals surface area contributed by atoms with Gasteiger partial charge in [0.2, 0.25) is 0 Å². The van der Waals surface area contributed by atoms with E-state index in [0.29, 0.717) is 24.7 Å². The largest absolute Gasteiger partial charge is 0.347 e. The average molecular weight is 284 g/mol. The van der Waals surface area contributed by atoms with E-state index in [1.807, 2.05) is 19.0 Å². The molecule has 0 radical (unpaired) electrons. The van der Waals surface area contributed by atoms with Gasteiger partial charge in [0, 0.05) is 24.7 Å². The summed E-state index contributed by atoms with van der Waals surface area (Å²) in [7, 11) is 3.79. The molecule has 0 saturated heterocycles. The third-order valence-electron chi connectivity index (χ3n) is 2.42. The van der Waals surface area contributed by atoms with Gasteiger partial charge in [-0.05, 0) is 31.8 Å². The second-order valence-corrected chi connectivity index (χ2v) is 4.80. The second kappa shape index (κ2) is 7.76. The predicted octanol–water partition coefficient (Wildman–Crippen LogP) is 0.634. The van der Waals surface area contributed by atoms with Crippen molar-refractivity contribution in [3.63, 3.8) is 0 Å². The van der Waals surface area contributed by atoms with E-state index in [4.69, 9.17) is 11.6 Å². The van der Waals surface area contributed by atoms with E-state index in [1.165, 1.54) is 0 Å². The van der Waals surface area contributed by atoms with Crippen LogP contribution in [0.1, 0.15) is 5.56 Å². The minimum atomic E-state index is -0.631. The van der Waals surface area contributed by atoms with Gasteiger partial charge in [0.15, 0.2) is 0 Å². The molecule has 0 heterocycles. The van der Waals surface area contributed by atoms with Gasteiger partial charge in [0.05, 0.1) is 0 Å².